The maximum absolute atomic E-state index is 11.5. The molecule has 0 aromatic heterocycles. The number of amides is 1. The van der Waals surface area contributed by atoms with Crippen molar-refractivity contribution in [3.63, 3.8) is 0 Å². The fraction of sp³-hybridized carbons (Fsp3) is 0.214. The Morgan fingerprint density at radius 2 is 2.12 bits per heavy atom. The number of amidine groups is 1. The SMILES string of the molecule is O=C(O)COc1cccc(/C=N\N=C2\NC(=O)[C@@H](CC(=O)O)S2)c1. The van der Waals surface area contributed by atoms with Gasteiger partial charge >= 0.3 is 11.9 Å². The highest BCUT2D eigenvalue weighted by molar-refractivity contribution is 8.15. The minimum atomic E-state index is -1.08. The molecule has 0 unspecified atom stereocenters. The summed E-state index contributed by atoms with van der Waals surface area (Å²) in [5.41, 5.74) is 0.624. The number of carbonyl (C=O) groups is 3. The zero-order valence-corrected chi connectivity index (χ0v) is 13.0. The van der Waals surface area contributed by atoms with Gasteiger partial charge in [-0.25, -0.2) is 4.79 Å². The molecule has 1 atom stereocenters. The summed E-state index contributed by atoms with van der Waals surface area (Å²) in [5.74, 6) is -2.18. The quantitative estimate of drug-likeness (QED) is 0.481. The number of rotatable bonds is 7. The second kappa shape index (κ2) is 8.11. The van der Waals surface area contributed by atoms with Crippen molar-refractivity contribution in [2.45, 2.75) is 11.7 Å². The fourth-order valence-electron chi connectivity index (χ4n) is 1.72. The van der Waals surface area contributed by atoms with E-state index < -0.39 is 29.7 Å². The van der Waals surface area contributed by atoms with Gasteiger partial charge in [0.05, 0.1) is 12.6 Å². The average molecular weight is 351 g/mol. The normalized spacial score (nSPS) is 18.8. The first-order valence-electron chi connectivity index (χ1n) is 6.69. The van der Waals surface area contributed by atoms with Gasteiger partial charge in [0.2, 0.25) is 5.91 Å². The molecule has 1 heterocycles. The summed E-state index contributed by atoms with van der Waals surface area (Å²) in [7, 11) is 0. The van der Waals surface area contributed by atoms with Crippen LogP contribution in [0.25, 0.3) is 0 Å². The molecule has 1 aromatic rings. The zero-order chi connectivity index (χ0) is 17.5. The number of benzene rings is 1. The lowest BCUT2D eigenvalue weighted by atomic mass is 10.2. The number of nitrogens with one attached hydrogen (secondary N) is 1. The Morgan fingerprint density at radius 3 is 2.83 bits per heavy atom. The summed E-state index contributed by atoms with van der Waals surface area (Å²) in [6, 6.07) is 6.57. The van der Waals surface area contributed by atoms with Crippen LogP contribution in [0.5, 0.6) is 5.75 Å². The highest BCUT2D eigenvalue weighted by Gasteiger charge is 2.32. The molecule has 1 aromatic carbocycles. The molecule has 1 aliphatic heterocycles. The Bertz CT molecular complexity index is 718. The molecule has 126 valence electrons. The molecule has 0 bridgehead atoms. The largest absolute Gasteiger partial charge is 0.482 e. The number of carbonyl (C=O) groups excluding carboxylic acids is 1. The van der Waals surface area contributed by atoms with Crippen molar-refractivity contribution in [3.05, 3.63) is 29.8 Å². The summed E-state index contributed by atoms with van der Waals surface area (Å²) in [6.45, 7) is -0.448. The summed E-state index contributed by atoms with van der Waals surface area (Å²) in [6.07, 6.45) is 1.11. The van der Waals surface area contributed by atoms with Crippen LogP contribution in [0.1, 0.15) is 12.0 Å². The number of thioether (sulfide) groups is 1. The van der Waals surface area contributed by atoms with Crippen LogP contribution >= 0.6 is 11.8 Å². The Kier molecular flexibility index (Phi) is 5.90. The third-order valence-corrected chi connectivity index (χ3v) is 3.78. The van der Waals surface area contributed by atoms with Crippen LogP contribution in [0.2, 0.25) is 0 Å². The lowest BCUT2D eigenvalue weighted by Crippen LogP contribution is -2.26. The van der Waals surface area contributed by atoms with E-state index in [1.54, 1.807) is 24.3 Å². The van der Waals surface area contributed by atoms with E-state index in [1.807, 2.05) is 0 Å². The highest BCUT2D eigenvalue weighted by atomic mass is 32.2. The molecule has 3 N–H and O–H groups in total. The molecular weight excluding hydrogens is 338 g/mol. The Morgan fingerprint density at radius 1 is 1.33 bits per heavy atom. The lowest BCUT2D eigenvalue weighted by Gasteiger charge is -2.02. The van der Waals surface area contributed by atoms with Crippen molar-refractivity contribution in [3.8, 4) is 5.75 Å². The third-order valence-electron chi connectivity index (χ3n) is 2.71. The van der Waals surface area contributed by atoms with Gasteiger partial charge in [0.25, 0.3) is 0 Å². The Labute approximate surface area is 140 Å². The number of ether oxygens (including phenoxy) is 1. The van der Waals surface area contributed by atoms with Crippen LogP contribution in [0, 0.1) is 0 Å². The van der Waals surface area contributed by atoms with Crippen molar-refractivity contribution >= 4 is 41.0 Å². The number of hydrogen-bond donors (Lipinski definition) is 3. The second-order valence-corrected chi connectivity index (χ2v) is 5.79. The maximum Gasteiger partial charge on any atom is 0.341 e. The summed E-state index contributed by atoms with van der Waals surface area (Å²) in [4.78, 5) is 32.6. The van der Waals surface area contributed by atoms with Crippen LogP contribution in [-0.4, -0.2) is 51.3 Å². The molecular formula is C14H13N3O6S. The molecule has 0 saturated carbocycles. The molecule has 2 rings (SSSR count). The monoisotopic (exact) mass is 351 g/mol. The van der Waals surface area contributed by atoms with E-state index in [9.17, 15) is 14.4 Å². The molecule has 0 spiro atoms. The molecule has 0 radical (unpaired) electrons. The van der Waals surface area contributed by atoms with Gasteiger partial charge in [-0.05, 0) is 17.7 Å². The smallest absolute Gasteiger partial charge is 0.341 e. The van der Waals surface area contributed by atoms with Gasteiger partial charge in [0, 0.05) is 0 Å². The summed E-state index contributed by atoms with van der Waals surface area (Å²) in [5, 5.41) is 26.8. The van der Waals surface area contributed by atoms with Gasteiger partial charge in [0.15, 0.2) is 11.8 Å². The standard InChI is InChI=1S/C14H13N3O6S/c18-11(19)5-10-13(22)16-14(24-10)17-15-6-8-2-1-3-9(4-8)23-7-12(20)21/h1-4,6,10H,5,7H2,(H,18,19)(H,20,21)(H,16,17,22)/b15-6-/t10-/m1/s1. The first-order chi connectivity index (χ1) is 11.4. The number of nitrogens with zero attached hydrogens (tertiary/aromatic N) is 2. The van der Waals surface area contributed by atoms with Crippen LogP contribution in [-0.2, 0) is 14.4 Å². The lowest BCUT2D eigenvalue weighted by molar-refractivity contribution is -0.139. The van der Waals surface area contributed by atoms with E-state index in [0.29, 0.717) is 11.3 Å². The van der Waals surface area contributed by atoms with Crippen molar-refractivity contribution in [2.24, 2.45) is 10.2 Å². The van der Waals surface area contributed by atoms with Gasteiger partial charge in [-0.1, -0.05) is 23.9 Å². The van der Waals surface area contributed by atoms with E-state index in [1.165, 1.54) is 6.21 Å². The average Bonchev–Trinajstić information content (AvgIpc) is 2.85. The van der Waals surface area contributed by atoms with Crippen LogP contribution in [0.3, 0.4) is 0 Å². The molecule has 9 nitrogen and oxygen atoms in total. The van der Waals surface area contributed by atoms with Crippen molar-refractivity contribution in [1.29, 1.82) is 0 Å². The number of hydrogen-bond acceptors (Lipinski definition) is 7. The van der Waals surface area contributed by atoms with Crippen LogP contribution in [0.15, 0.2) is 34.5 Å². The predicted octanol–water partition coefficient (Wildman–Crippen LogP) is 0.546. The fourth-order valence-corrected chi connectivity index (χ4v) is 2.64. The maximum atomic E-state index is 11.5. The molecule has 1 fully saturated rings. The van der Waals surface area contributed by atoms with Crippen LogP contribution < -0.4 is 10.1 Å². The van der Waals surface area contributed by atoms with Crippen molar-refractivity contribution in [1.82, 2.24) is 5.32 Å². The third kappa shape index (κ3) is 5.39. The first kappa shape index (κ1) is 17.5. The van der Waals surface area contributed by atoms with E-state index in [4.69, 9.17) is 14.9 Å². The molecule has 1 amide bonds. The molecule has 24 heavy (non-hydrogen) atoms. The van der Waals surface area contributed by atoms with Crippen LogP contribution in [0.4, 0.5) is 0 Å². The molecule has 1 saturated heterocycles. The van der Waals surface area contributed by atoms with E-state index in [0.717, 1.165) is 11.8 Å². The van der Waals surface area contributed by atoms with Gasteiger partial charge in [-0.3, -0.25) is 9.59 Å². The first-order valence-corrected chi connectivity index (χ1v) is 7.57. The Balaban J connectivity index is 1.96. The minimum absolute atomic E-state index is 0.223. The number of carboxylic acid groups (broad SMARTS) is 2. The molecule has 1 aliphatic rings. The second-order valence-electron chi connectivity index (χ2n) is 4.60. The van der Waals surface area contributed by atoms with Gasteiger partial charge < -0.3 is 20.3 Å². The van der Waals surface area contributed by atoms with E-state index in [2.05, 4.69) is 15.5 Å². The van der Waals surface area contributed by atoms with Gasteiger partial charge in [-0.2, -0.15) is 5.10 Å². The summed E-state index contributed by atoms with van der Waals surface area (Å²) >= 11 is 1.00. The van der Waals surface area contributed by atoms with E-state index in [-0.39, 0.29) is 11.6 Å². The number of aliphatic carboxylic acids is 2. The van der Waals surface area contributed by atoms with Crippen molar-refractivity contribution in [2.75, 3.05) is 6.61 Å². The zero-order valence-electron chi connectivity index (χ0n) is 12.2. The topological polar surface area (TPSA) is 138 Å². The van der Waals surface area contributed by atoms with Gasteiger partial charge in [0.1, 0.15) is 11.0 Å². The minimum Gasteiger partial charge on any atom is -0.482 e. The Hall–Kier alpha value is -2.88. The van der Waals surface area contributed by atoms with Crippen molar-refractivity contribution < 1.29 is 29.3 Å². The predicted molar refractivity (Wildman–Crippen MR) is 86.4 cm³/mol. The molecule has 0 aliphatic carbocycles. The summed E-state index contributed by atoms with van der Waals surface area (Å²) < 4.78 is 5.04. The number of carboxylic acids is 2. The highest BCUT2D eigenvalue weighted by Crippen LogP contribution is 2.22. The van der Waals surface area contributed by atoms with Gasteiger partial charge in [-0.15, -0.1) is 5.10 Å². The molecule has 10 heteroatoms. The van der Waals surface area contributed by atoms with E-state index >= 15 is 0 Å².